The first-order valence-electron chi connectivity index (χ1n) is 18.0. The van der Waals surface area contributed by atoms with E-state index in [-0.39, 0.29) is 47.4 Å². The molecule has 0 bridgehead atoms. The van der Waals surface area contributed by atoms with E-state index in [2.05, 4.69) is 29.4 Å². The number of ketones is 1. The predicted molar refractivity (Wildman–Crippen MR) is 204 cm³/mol. The number of hydrogen-bond acceptors (Lipinski definition) is 7. The van der Waals surface area contributed by atoms with Gasteiger partial charge in [-0.2, -0.15) is 0 Å². The lowest BCUT2D eigenvalue weighted by Crippen LogP contribution is -2.60. The van der Waals surface area contributed by atoms with Gasteiger partial charge < -0.3 is 21.3 Å². The van der Waals surface area contributed by atoms with Gasteiger partial charge in [0.25, 0.3) is 11.8 Å². The summed E-state index contributed by atoms with van der Waals surface area (Å²) in [7, 11) is 0. The monoisotopic (exact) mass is 741 g/mol. The molecule has 6 rings (SSSR count). The number of aryl methyl sites for hydroxylation is 2. The van der Waals surface area contributed by atoms with Gasteiger partial charge >= 0.3 is 0 Å². The molecule has 1 fully saturated rings. The van der Waals surface area contributed by atoms with Gasteiger partial charge in [-0.1, -0.05) is 36.4 Å². The lowest BCUT2D eigenvalue weighted by Gasteiger charge is -2.47. The van der Waals surface area contributed by atoms with Gasteiger partial charge in [0.1, 0.15) is 16.6 Å². The van der Waals surface area contributed by atoms with Crippen molar-refractivity contribution in [2.24, 2.45) is 5.73 Å². The number of fused-ring (bicyclic) bond motifs is 1. The van der Waals surface area contributed by atoms with Gasteiger partial charge in [0.2, 0.25) is 5.91 Å². The minimum Gasteiger partial charge on any atom is -0.338 e. The van der Waals surface area contributed by atoms with E-state index in [0.717, 1.165) is 53.0 Å². The molecule has 53 heavy (non-hydrogen) atoms. The number of benzene rings is 3. The van der Waals surface area contributed by atoms with E-state index in [1.54, 1.807) is 35.2 Å². The Hall–Kier alpha value is -4.78. The third-order valence-electron chi connectivity index (χ3n) is 10.2. The standard InChI is InChI=1S/C41H45F2N5O4S/c1-25(49)28-14-11-26(12-15-28)13-16-31-33(42)20-30(21-34(31)43)45-39(52)37-32-9-4-5-10-35(32)53-40(37)46-38(51)29-8-6-7-27(19-29)23-48-18-17-47(36(50)22-44)24-41(48,2)3/h6-8,11-12,14-15,19-21H,4-5,9-10,13,16-18,22-24,44H2,1-3H3,(H,45,52)(H,46,51). The molecule has 278 valence electrons. The van der Waals surface area contributed by atoms with Crippen LogP contribution >= 0.6 is 11.3 Å². The van der Waals surface area contributed by atoms with Gasteiger partial charge in [-0.3, -0.25) is 24.1 Å². The molecule has 1 aliphatic carbocycles. The summed E-state index contributed by atoms with van der Waals surface area (Å²) >= 11 is 1.37. The molecule has 0 unspecified atom stereocenters. The third-order valence-corrected chi connectivity index (χ3v) is 11.4. The maximum atomic E-state index is 15.3. The number of thiophene rings is 1. The molecule has 1 aromatic heterocycles. The van der Waals surface area contributed by atoms with Crippen LogP contribution in [0.4, 0.5) is 19.5 Å². The van der Waals surface area contributed by atoms with E-state index < -0.39 is 17.5 Å². The summed E-state index contributed by atoms with van der Waals surface area (Å²) < 4.78 is 30.5. The summed E-state index contributed by atoms with van der Waals surface area (Å²) in [5.74, 6) is -2.57. The first-order chi connectivity index (χ1) is 25.3. The molecule has 0 spiro atoms. The largest absolute Gasteiger partial charge is 0.338 e. The second kappa shape index (κ2) is 16.1. The zero-order chi connectivity index (χ0) is 37.9. The normalized spacial score (nSPS) is 15.5. The van der Waals surface area contributed by atoms with Crippen LogP contribution in [0.3, 0.4) is 0 Å². The molecule has 3 amide bonds. The maximum absolute atomic E-state index is 15.3. The van der Waals surface area contributed by atoms with E-state index in [0.29, 0.717) is 60.7 Å². The summed E-state index contributed by atoms with van der Waals surface area (Å²) in [6, 6.07) is 16.5. The molecule has 9 nitrogen and oxygen atoms in total. The average molecular weight is 742 g/mol. The highest BCUT2D eigenvalue weighted by Crippen LogP contribution is 2.39. The van der Waals surface area contributed by atoms with Crippen LogP contribution in [0.2, 0.25) is 0 Å². The highest BCUT2D eigenvalue weighted by molar-refractivity contribution is 7.17. The van der Waals surface area contributed by atoms with Crippen LogP contribution in [-0.4, -0.2) is 65.0 Å². The van der Waals surface area contributed by atoms with E-state index >= 15 is 8.78 Å². The lowest BCUT2D eigenvalue weighted by molar-refractivity contribution is -0.134. The van der Waals surface area contributed by atoms with Crippen LogP contribution < -0.4 is 16.4 Å². The molecule has 2 heterocycles. The Balaban J connectivity index is 1.15. The zero-order valence-corrected chi connectivity index (χ0v) is 31.1. The molecule has 1 aliphatic heterocycles. The van der Waals surface area contributed by atoms with Crippen LogP contribution in [0.25, 0.3) is 0 Å². The molecule has 4 N–H and O–H groups in total. The topological polar surface area (TPSA) is 125 Å². The number of rotatable bonds is 11. The molecule has 3 aromatic carbocycles. The number of piperazine rings is 1. The maximum Gasteiger partial charge on any atom is 0.258 e. The quantitative estimate of drug-likeness (QED) is 0.146. The predicted octanol–water partition coefficient (Wildman–Crippen LogP) is 6.78. The Labute approximate surface area is 312 Å². The number of amides is 3. The number of carbonyl (C=O) groups excluding carboxylic acids is 4. The Morgan fingerprint density at radius 2 is 1.57 bits per heavy atom. The van der Waals surface area contributed by atoms with E-state index in [1.807, 2.05) is 18.2 Å². The molecule has 0 radical (unpaired) electrons. The van der Waals surface area contributed by atoms with Crippen molar-refractivity contribution >= 4 is 45.5 Å². The fraction of sp³-hybridized carbons (Fsp3) is 0.366. The Kier molecular flexibility index (Phi) is 11.5. The minimum absolute atomic E-state index is 0.0172. The van der Waals surface area contributed by atoms with Crippen molar-refractivity contribution < 1.29 is 28.0 Å². The van der Waals surface area contributed by atoms with E-state index in [1.165, 1.54) is 18.3 Å². The van der Waals surface area contributed by atoms with Crippen LogP contribution in [0.5, 0.6) is 0 Å². The molecule has 0 saturated carbocycles. The molecule has 1 saturated heterocycles. The SMILES string of the molecule is CC(=O)c1ccc(CCc2c(F)cc(NC(=O)c3c(NC(=O)c4cccc(CN5CCN(C(=O)CN)CC5(C)C)c4)sc4c3CCCC4)cc2F)cc1. The fourth-order valence-electron chi connectivity index (χ4n) is 7.21. The number of Topliss-reactive ketones (excluding diaryl/α,β-unsaturated/α-hetero) is 1. The summed E-state index contributed by atoms with van der Waals surface area (Å²) in [5, 5.41) is 6.07. The number of hydrogen-bond donors (Lipinski definition) is 3. The van der Waals surface area contributed by atoms with Crippen molar-refractivity contribution in [3.05, 3.63) is 116 Å². The van der Waals surface area contributed by atoms with Gasteiger partial charge in [0.15, 0.2) is 5.78 Å². The van der Waals surface area contributed by atoms with Crippen LogP contribution in [-0.2, 0) is 37.0 Å². The van der Waals surface area contributed by atoms with Crippen molar-refractivity contribution in [1.82, 2.24) is 9.80 Å². The second-order valence-electron chi connectivity index (χ2n) is 14.4. The van der Waals surface area contributed by atoms with Gasteiger partial charge in [0, 0.05) is 59.0 Å². The van der Waals surface area contributed by atoms with Crippen LogP contribution in [0.15, 0.2) is 60.7 Å². The second-order valence-corrected chi connectivity index (χ2v) is 15.6. The summed E-state index contributed by atoms with van der Waals surface area (Å²) in [6.07, 6.45) is 3.77. The van der Waals surface area contributed by atoms with Crippen molar-refractivity contribution in [2.75, 3.05) is 36.8 Å². The minimum atomic E-state index is -0.768. The first-order valence-corrected chi connectivity index (χ1v) is 18.8. The smallest absolute Gasteiger partial charge is 0.258 e. The summed E-state index contributed by atoms with van der Waals surface area (Å²) in [6.45, 7) is 8.02. The highest BCUT2D eigenvalue weighted by atomic mass is 32.1. The number of nitrogens with two attached hydrogens (primary N) is 1. The molecule has 2 aliphatic rings. The van der Waals surface area contributed by atoms with E-state index in [4.69, 9.17) is 5.73 Å². The fourth-order valence-corrected chi connectivity index (χ4v) is 8.49. The summed E-state index contributed by atoms with van der Waals surface area (Å²) in [4.78, 5) is 56.4. The highest BCUT2D eigenvalue weighted by Gasteiger charge is 2.35. The molecular formula is C41H45F2N5O4S. The van der Waals surface area contributed by atoms with Crippen LogP contribution in [0, 0.1) is 11.6 Å². The Morgan fingerprint density at radius 3 is 2.25 bits per heavy atom. The Morgan fingerprint density at radius 1 is 0.849 bits per heavy atom. The van der Waals surface area contributed by atoms with Crippen molar-refractivity contribution in [2.45, 2.75) is 71.4 Å². The number of anilines is 2. The van der Waals surface area contributed by atoms with Crippen LogP contribution in [0.1, 0.15) is 91.8 Å². The van der Waals surface area contributed by atoms with Crippen molar-refractivity contribution in [1.29, 1.82) is 0 Å². The van der Waals surface area contributed by atoms with Gasteiger partial charge in [0.05, 0.1) is 12.1 Å². The van der Waals surface area contributed by atoms with Gasteiger partial charge in [-0.15, -0.1) is 11.3 Å². The Bertz CT molecular complexity index is 2020. The lowest BCUT2D eigenvalue weighted by atomic mass is 9.95. The third kappa shape index (κ3) is 8.72. The van der Waals surface area contributed by atoms with Crippen molar-refractivity contribution in [3.63, 3.8) is 0 Å². The number of halogens is 2. The molecule has 4 aromatic rings. The van der Waals surface area contributed by atoms with Gasteiger partial charge in [-0.05, 0) is 100 Å². The zero-order valence-electron chi connectivity index (χ0n) is 30.3. The first kappa shape index (κ1) is 38.0. The van der Waals surface area contributed by atoms with E-state index in [9.17, 15) is 19.2 Å². The molecule has 12 heteroatoms. The molecular weight excluding hydrogens is 697 g/mol. The molecule has 0 atom stereocenters. The summed E-state index contributed by atoms with van der Waals surface area (Å²) in [5.41, 5.74) is 9.14. The van der Waals surface area contributed by atoms with Gasteiger partial charge in [-0.25, -0.2) is 8.78 Å². The number of nitrogens with one attached hydrogen (secondary N) is 2. The van der Waals surface area contributed by atoms with Crippen molar-refractivity contribution in [3.8, 4) is 0 Å². The number of nitrogens with zero attached hydrogens (tertiary/aromatic N) is 2. The average Bonchev–Trinajstić information content (AvgIpc) is 3.49. The number of carbonyl (C=O) groups is 4.